The van der Waals surface area contributed by atoms with Crippen LogP contribution in [-0.4, -0.2) is 29.8 Å². The molecule has 0 radical (unpaired) electrons. The zero-order chi connectivity index (χ0) is 13.1. The summed E-state index contributed by atoms with van der Waals surface area (Å²) in [5.41, 5.74) is 1.18. The van der Waals surface area contributed by atoms with Crippen molar-refractivity contribution in [2.45, 2.75) is 31.2 Å². The van der Waals surface area contributed by atoms with Gasteiger partial charge in [-0.3, -0.25) is 9.69 Å². The summed E-state index contributed by atoms with van der Waals surface area (Å²) < 4.78 is 12.9. The lowest BCUT2D eigenvalue weighted by Crippen LogP contribution is -2.32. The number of nitrogens with zero attached hydrogens (tertiary/aromatic N) is 1. The quantitative estimate of drug-likeness (QED) is 0.783. The first-order chi connectivity index (χ1) is 8.56. The van der Waals surface area contributed by atoms with Crippen molar-refractivity contribution in [2.75, 3.05) is 13.6 Å². The number of hydrogen-bond donors (Lipinski definition) is 0. The van der Waals surface area contributed by atoms with E-state index in [1.165, 1.54) is 17.7 Å². The Kier molecular flexibility index (Phi) is 4.36. The molecule has 4 heteroatoms. The number of carbonyl (C=O) groups excluding carboxylic acids is 1. The highest BCUT2D eigenvalue weighted by Gasteiger charge is 2.28. The summed E-state index contributed by atoms with van der Waals surface area (Å²) in [5, 5.41) is -0.317. The Morgan fingerprint density at radius 1 is 1.39 bits per heavy atom. The zero-order valence-electron chi connectivity index (χ0n) is 10.4. The Bertz CT molecular complexity index is 420. The first-order valence-corrected chi connectivity index (χ1v) is 6.58. The molecule has 2 unspecified atom stereocenters. The van der Waals surface area contributed by atoms with Crippen molar-refractivity contribution in [1.82, 2.24) is 4.90 Å². The molecular formula is C14H17ClFNO. The van der Waals surface area contributed by atoms with Crippen LogP contribution in [0.15, 0.2) is 24.3 Å². The maximum atomic E-state index is 12.9. The van der Waals surface area contributed by atoms with Crippen molar-refractivity contribution in [3.63, 3.8) is 0 Å². The molecule has 0 heterocycles. The molecule has 0 amide bonds. The average molecular weight is 270 g/mol. The van der Waals surface area contributed by atoms with E-state index in [1.807, 2.05) is 24.1 Å². The van der Waals surface area contributed by atoms with Crippen LogP contribution in [0, 0.1) is 5.82 Å². The third-order valence-electron chi connectivity index (χ3n) is 3.74. The minimum atomic E-state index is -0.317. The Morgan fingerprint density at radius 3 is 2.67 bits per heavy atom. The number of carbonyl (C=O) groups is 1. The van der Waals surface area contributed by atoms with Crippen LogP contribution in [0.3, 0.4) is 0 Å². The Balaban J connectivity index is 1.95. The van der Waals surface area contributed by atoms with Gasteiger partial charge in [0.15, 0.2) is 0 Å². The summed E-state index contributed by atoms with van der Waals surface area (Å²) >= 11 is 5.40. The number of hydrogen-bond acceptors (Lipinski definition) is 2. The van der Waals surface area contributed by atoms with Crippen LogP contribution in [-0.2, 0) is 4.79 Å². The van der Waals surface area contributed by atoms with Crippen molar-refractivity contribution < 1.29 is 9.18 Å². The predicted octanol–water partition coefficient (Wildman–Crippen LogP) is 3.16. The molecule has 1 aliphatic carbocycles. The normalized spacial score (nSPS) is 23.6. The van der Waals surface area contributed by atoms with Gasteiger partial charge in [-0.25, -0.2) is 4.39 Å². The molecule has 0 spiro atoms. The van der Waals surface area contributed by atoms with Crippen molar-refractivity contribution >= 4 is 16.8 Å². The molecule has 2 rings (SSSR count). The van der Waals surface area contributed by atoms with Gasteiger partial charge in [-0.1, -0.05) is 12.1 Å². The minimum absolute atomic E-state index is 0.196. The fraction of sp³-hybridized carbons (Fsp3) is 0.500. The molecule has 0 saturated heterocycles. The molecule has 1 fully saturated rings. The monoisotopic (exact) mass is 269 g/mol. The second-order valence-electron chi connectivity index (χ2n) is 4.99. The van der Waals surface area contributed by atoms with E-state index in [9.17, 15) is 9.18 Å². The molecule has 1 aromatic carbocycles. The molecule has 2 atom stereocenters. The van der Waals surface area contributed by atoms with Gasteiger partial charge >= 0.3 is 0 Å². The zero-order valence-corrected chi connectivity index (χ0v) is 11.2. The van der Waals surface area contributed by atoms with Crippen molar-refractivity contribution in [3.05, 3.63) is 35.6 Å². The summed E-state index contributed by atoms with van der Waals surface area (Å²) in [7, 11) is 1.93. The second-order valence-corrected chi connectivity index (χ2v) is 5.41. The van der Waals surface area contributed by atoms with E-state index in [-0.39, 0.29) is 11.1 Å². The first-order valence-electron chi connectivity index (χ1n) is 6.20. The molecule has 18 heavy (non-hydrogen) atoms. The summed E-state index contributed by atoms with van der Waals surface area (Å²) in [4.78, 5) is 12.9. The van der Waals surface area contributed by atoms with Crippen LogP contribution in [0.5, 0.6) is 0 Å². The fourth-order valence-corrected chi connectivity index (χ4v) is 2.91. The Hall–Kier alpha value is -0.930. The van der Waals surface area contributed by atoms with Crippen LogP contribution in [0.2, 0.25) is 0 Å². The summed E-state index contributed by atoms with van der Waals surface area (Å²) in [6.45, 7) is 0.294. The van der Waals surface area contributed by atoms with Gasteiger partial charge in [0.1, 0.15) is 5.82 Å². The molecule has 0 aliphatic heterocycles. The Morgan fingerprint density at radius 2 is 2.06 bits per heavy atom. The van der Waals surface area contributed by atoms with Gasteiger partial charge in [-0.2, -0.15) is 0 Å². The number of rotatable bonds is 4. The second kappa shape index (κ2) is 5.81. The first kappa shape index (κ1) is 13.5. The van der Waals surface area contributed by atoms with Gasteiger partial charge < -0.3 is 0 Å². The molecule has 1 saturated carbocycles. The highest BCUT2D eigenvalue weighted by atomic mass is 35.5. The average Bonchev–Trinajstić information content (AvgIpc) is 2.78. The largest absolute Gasteiger partial charge is 0.295 e. The van der Waals surface area contributed by atoms with E-state index < -0.39 is 0 Å². The maximum absolute atomic E-state index is 12.9. The molecule has 1 aromatic rings. The fourth-order valence-electron chi connectivity index (χ4n) is 2.72. The van der Waals surface area contributed by atoms with Gasteiger partial charge in [0.05, 0.1) is 6.54 Å². The van der Waals surface area contributed by atoms with Crippen molar-refractivity contribution in [3.8, 4) is 0 Å². The van der Waals surface area contributed by atoms with E-state index in [4.69, 9.17) is 11.6 Å². The van der Waals surface area contributed by atoms with Gasteiger partial charge in [0, 0.05) is 6.04 Å². The smallest absolute Gasteiger partial charge is 0.235 e. The molecule has 0 bridgehead atoms. The molecule has 0 aromatic heterocycles. The SMILES string of the molecule is CN(CC(=O)Cl)C1CCC(c2ccc(F)cc2)C1. The molecule has 98 valence electrons. The van der Waals surface area contributed by atoms with Gasteiger partial charge in [0.25, 0.3) is 0 Å². The van der Waals surface area contributed by atoms with Crippen LogP contribution in [0.4, 0.5) is 4.39 Å². The molecule has 0 N–H and O–H groups in total. The van der Waals surface area contributed by atoms with E-state index >= 15 is 0 Å². The Labute approximate surface area is 112 Å². The summed E-state index contributed by atoms with van der Waals surface area (Å²) in [6, 6.07) is 7.12. The number of halogens is 2. The predicted molar refractivity (Wildman–Crippen MR) is 70.3 cm³/mol. The van der Waals surface area contributed by atoms with Crippen LogP contribution in [0.25, 0.3) is 0 Å². The lowest BCUT2D eigenvalue weighted by Gasteiger charge is -2.22. The van der Waals surface area contributed by atoms with Crippen molar-refractivity contribution in [1.29, 1.82) is 0 Å². The highest BCUT2D eigenvalue weighted by Crippen LogP contribution is 2.36. The summed E-state index contributed by atoms with van der Waals surface area (Å²) in [5.74, 6) is 0.265. The van der Waals surface area contributed by atoms with Gasteiger partial charge in [-0.15, -0.1) is 0 Å². The molecule has 2 nitrogen and oxygen atoms in total. The van der Waals surface area contributed by atoms with Crippen molar-refractivity contribution in [2.24, 2.45) is 0 Å². The molecule has 1 aliphatic rings. The lowest BCUT2D eigenvalue weighted by atomic mass is 9.97. The lowest BCUT2D eigenvalue weighted by molar-refractivity contribution is -0.112. The summed E-state index contributed by atoms with van der Waals surface area (Å²) in [6.07, 6.45) is 3.14. The van der Waals surface area contributed by atoms with E-state index in [1.54, 1.807) is 0 Å². The standard InChI is InChI=1S/C14H17ClFNO/c1-17(9-14(15)18)13-7-4-11(8-13)10-2-5-12(16)6-3-10/h2-3,5-6,11,13H,4,7-9H2,1H3. The topological polar surface area (TPSA) is 20.3 Å². The van der Waals surface area contributed by atoms with Crippen LogP contribution < -0.4 is 0 Å². The van der Waals surface area contributed by atoms with Gasteiger partial charge in [-0.05, 0) is 61.5 Å². The van der Waals surface area contributed by atoms with E-state index in [2.05, 4.69) is 0 Å². The molecular weight excluding hydrogens is 253 g/mol. The van der Waals surface area contributed by atoms with Crippen LogP contribution >= 0.6 is 11.6 Å². The minimum Gasteiger partial charge on any atom is -0.295 e. The third-order valence-corrected chi connectivity index (χ3v) is 3.86. The highest BCUT2D eigenvalue weighted by molar-refractivity contribution is 6.64. The van der Waals surface area contributed by atoms with E-state index in [0.717, 1.165) is 19.3 Å². The van der Waals surface area contributed by atoms with Gasteiger partial charge in [0.2, 0.25) is 5.24 Å². The van der Waals surface area contributed by atoms with Crippen LogP contribution in [0.1, 0.15) is 30.7 Å². The number of likely N-dealkylation sites (N-methyl/N-ethyl adjacent to an activating group) is 1. The maximum Gasteiger partial charge on any atom is 0.235 e. The number of benzene rings is 1. The third kappa shape index (κ3) is 3.30. The van der Waals surface area contributed by atoms with E-state index in [0.29, 0.717) is 18.5 Å².